The van der Waals surface area contributed by atoms with Crippen LogP contribution in [0.4, 0.5) is 5.69 Å². The van der Waals surface area contributed by atoms with E-state index in [-0.39, 0.29) is 0 Å². The molecule has 0 fully saturated rings. The molecule has 0 N–H and O–H groups in total. The number of unbranched alkanes of at least 4 members (excludes halogenated alkanes) is 2. The quantitative estimate of drug-likeness (QED) is 0.541. The molecule has 0 bridgehead atoms. The molecule has 0 radical (unpaired) electrons. The number of ether oxygens (including phenoxy) is 1. The molecule has 0 heterocycles. The number of methoxy groups -OCH3 is 1. The van der Waals surface area contributed by atoms with Crippen molar-refractivity contribution in [1.82, 2.24) is 0 Å². The molecule has 0 spiro atoms. The first-order valence-electron chi connectivity index (χ1n) is 7.98. The van der Waals surface area contributed by atoms with Crippen molar-refractivity contribution in [1.29, 1.82) is 0 Å². The average molecular weight is 287 g/mol. The monoisotopic (exact) mass is 287 g/mol. The molecule has 0 atom stereocenters. The molecule has 116 valence electrons. The minimum Gasteiger partial charge on any atom is -0.496 e. The molecule has 0 amide bonds. The second kappa shape index (κ2) is 10.1. The minimum atomic E-state index is 0.920. The average Bonchev–Trinajstić information content (AvgIpc) is 2.53. The van der Waals surface area contributed by atoms with Crippen LogP contribution in [0.2, 0.25) is 0 Å². The van der Waals surface area contributed by atoms with Gasteiger partial charge in [0.25, 0.3) is 0 Å². The van der Waals surface area contributed by atoms with Crippen molar-refractivity contribution in [3.8, 4) is 5.75 Å². The van der Waals surface area contributed by atoms with E-state index in [1.165, 1.54) is 31.4 Å². The van der Waals surface area contributed by atoms with Gasteiger partial charge in [-0.25, -0.2) is 0 Å². The Hall–Kier alpha value is -1.70. The molecule has 21 heavy (non-hydrogen) atoms. The van der Waals surface area contributed by atoms with Gasteiger partial charge >= 0.3 is 0 Å². The molecule has 0 aliphatic heterocycles. The van der Waals surface area contributed by atoms with E-state index in [1.54, 1.807) is 13.2 Å². The highest BCUT2D eigenvalue weighted by molar-refractivity contribution is 5.64. The molecule has 1 rings (SSSR count). The third kappa shape index (κ3) is 5.66. The second-order valence-corrected chi connectivity index (χ2v) is 5.22. The Morgan fingerprint density at radius 2 is 1.81 bits per heavy atom. The molecule has 2 heteroatoms. The molecule has 0 saturated carbocycles. The van der Waals surface area contributed by atoms with Crippen molar-refractivity contribution >= 4 is 11.8 Å². The van der Waals surface area contributed by atoms with Crippen molar-refractivity contribution in [2.45, 2.75) is 39.5 Å². The van der Waals surface area contributed by atoms with Gasteiger partial charge in [-0.1, -0.05) is 51.5 Å². The summed E-state index contributed by atoms with van der Waals surface area (Å²) in [6, 6.07) is 6.46. The molecular weight excluding hydrogens is 258 g/mol. The Bertz CT molecular complexity index is 443. The van der Waals surface area contributed by atoms with Gasteiger partial charge in [-0.2, -0.15) is 0 Å². The van der Waals surface area contributed by atoms with Crippen LogP contribution in [0.1, 0.15) is 45.1 Å². The maximum atomic E-state index is 5.53. The van der Waals surface area contributed by atoms with Crippen LogP contribution in [0.15, 0.2) is 36.9 Å². The Kier molecular flexibility index (Phi) is 8.34. The molecular formula is C19H29NO. The normalized spacial score (nSPS) is 10.8. The molecule has 0 saturated heterocycles. The van der Waals surface area contributed by atoms with E-state index in [9.17, 15) is 0 Å². The molecule has 2 nitrogen and oxygen atoms in total. The van der Waals surface area contributed by atoms with Crippen molar-refractivity contribution in [2.75, 3.05) is 25.1 Å². The third-order valence-corrected chi connectivity index (χ3v) is 3.56. The molecule has 0 unspecified atom stereocenters. The highest BCUT2D eigenvalue weighted by atomic mass is 16.5. The first-order valence-corrected chi connectivity index (χ1v) is 7.98. The standard InChI is InChI=1S/C19H29NO/c1-5-8-11-17-12-13-18(16-19(17)21-4)20(14-9-6-2)15-10-7-3/h5,8,11-13,16H,1,6-7,9-10,14-15H2,2-4H3/b11-8+. The number of hydrogen-bond donors (Lipinski definition) is 0. The molecule has 1 aromatic carbocycles. The van der Waals surface area contributed by atoms with Crippen LogP contribution >= 0.6 is 0 Å². The van der Waals surface area contributed by atoms with E-state index in [0.717, 1.165) is 24.4 Å². The van der Waals surface area contributed by atoms with Crippen LogP contribution in [0, 0.1) is 0 Å². The molecule has 0 aliphatic rings. The van der Waals surface area contributed by atoms with Crippen LogP contribution in [-0.2, 0) is 0 Å². The van der Waals surface area contributed by atoms with Crippen LogP contribution in [-0.4, -0.2) is 20.2 Å². The summed E-state index contributed by atoms with van der Waals surface area (Å²) in [5, 5.41) is 0. The van der Waals surface area contributed by atoms with Gasteiger partial charge in [0.05, 0.1) is 7.11 Å². The van der Waals surface area contributed by atoms with Crippen LogP contribution in [0.5, 0.6) is 5.75 Å². The van der Waals surface area contributed by atoms with Crippen molar-refractivity contribution in [3.63, 3.8) is 0 Å². The van der Waals surface area contributed by atoms with E-state index in [1.807, 2.05) is 12.2 Å². The molecule has 0 aliphatic carbocycles. The maximum Gasteiger partial charge on any atom is 0.128 e. The van der Waals surface area contributed by atoms with Gasteiger partial charge in [0.2, 0.25) is 0 Å². The van der Waals surface area contributed by atoms with Gasteiger partial charge < -0.3 is 9.64 Å². The van der Waals surface area contributed by atoms with Gasteiger partial charge in [0.1, 0.15) is 5.75 Å². The number of hydrogen-bond acceptors (Lipinski definition) is 2. The van der Waals surface area contributed by atoms with Gasteiger partial charge in [-0.15, -0.1) is 0 Å². The number of benzene rings is 1. The topological polar surface area (TPSA) is 12.5 Å². The summed E-state index contributed by atoms with van der Waals surface area (Å²) >= 11 is 0. The highest BCUT2D eigenvalue weighted by Crippen LogP contribution is 2.27. The fourth-order valence-electron chi connectivity index (χ4n) is 2.27. The summed E-state index contributed by atoms with van der Waals surface area (Å²) in [6.45, 7) is 10.4. The summed E-state index contributed by atoms with van der Waals surface area (Å²) in [7, 11) is 1.73. The predicted molar refractivity (Wildman–Crippen MR) is 94.3 cm³/mol. The second-order valence-electron chi connectivity index (χ2n) is 5.22. The predicted octanol–water partition coefficient (Wildman–Crippen LogP) is 5.30. The van der Waals surface area contributed by atoms with Crippen LogP contribution < -0.4 is 9.64 Å². The summed E-state index contributed by atoms with van der Waals surface area (Å²) < 4.78 is 5.53. The zero-order valence-corrected chi connectivity index (χ0v) is 13.8. The Balaban J connectivity index is 2.96. The molecule has 1 aromatic rings. The molecule has 0 aromatic heterocycles. The highest BCUT2D eigenvalue weighted by Gasteiger charge is 2.08. The van der Waals surface area contributed by atoms with E-state index >= 15 is 0 Å². The minimum absolute atomic E-state index is 0.920. The number of anilines is 1. The smallest absolute Gasteiger partial charge is 0.128 e. The lowest BCUT2D eigenvalue weighted by atomic mass is 10.1. The lowest BCUT2D eigenvalue weighted by molar-refractivity contribution is 0.414. The number of nitrogens with zero attached hydrogens (tertiary/aromatic N) is 1. The fraction of sp³-hybridized carbons (Fsp3) is 0.474. The summed E-state index contributed by atoms with van der Waals surface area (Å²) in [5.41, 5.74) is 2.34. The van der Waals surface area contributed by atoms with Gasteiger partial charge in [-0.3, -0.25) is 0 Å². The zero-order chi connectivity index (χ0) is 15.5. The number of rotatable bonds is 10. The Morgan fingerprint density at radius 1 is 1.14 bits per heavy atom. The maximum absolute atomic E-state index is 5.53. The number of allylic oxidation sites excluding steroid dienone is 2. The van der Waals surface area contributed by atoms with Gasteiger partial charge in [0.15, 0.2) is 0 Å². The van der Waals surface area contributed by atoms with Gasteiger partial charge in [0, 0.05) is 30.4 Å². The summed E-state index contributed by atoms with van der Waals surface area (Å²) in [6.07, 6.45) is 10.6. The van der Waals surface area contributed by atoms with Crippen LogP contribution in [0.3, 0.4) is 0 Å². The summed E-state index contributed by atoms with van der Waals surface area (Å²) in [4.78, 5) is 2.47. The van der Waals surface area contributed by atoms with Crippen molar-refractivity contribution in [3.05, 3.63) is 42.5 Å². The largest absolute Gasteiger partial charge is 0.496 e. The van der Waals surface area contributed by atoms with Crippen LogP contribution in [0.25, 0.3) is 6.08 Å². The lowest BCUT2D eigenvalue weighted by Crippen LogP contribution is -2.25. The Labute approximate surface area is 130 Å². The zero-order valence-electron chi connectivity index (χ0n) is 13.8. The van der Waals surface area contributed by atoms with E-state index in [4.69, 9.17) is 4.74 Å². The van der Waals surface area contributed by atoms with E-state index < -0.39 is 0 Å². The first-order chi connectivity index (χ1) is 10.3. The first kappa shape index (κ1) is 17.4. The van der Waals surface area contributed by atoms with E-state index in [2.05, 4.69) is 43.5 Å². The SMILES string of the molecule is C=C/C=C/c1ccc(N(CCCC)CCCC)cc1OC. The van der Waals surface area contributed by atoms with E-state index in [0.29, 0.717) is 0 Å². The Morgan fingerprint density at radius 3 is 2.33 bits per heavy atom. The third-order valence-electron chi connectivity index (χ3n) is 3.56. The van der Waals surface area contributed by atoms with Crippen molar-refractivity contribution in [2.24, 2.45) is 0 Å². The fourth-order valence-corrected chi connectivity index (χ4v) is 2.27. The van der Waals surface area contributed by atoms with Crippen molar-refractivity contribution < 1.29 is 4.74 Å². The summed E-state index contributed by atoms with van der Waals surface area (Å²) in [5.74, 6) is 0.920. The van der Waals surface area contributed by atoms with Gasteiger partial charge in [-0.05, 0) is 25.0 Å². The lowest BCUT2D eigenvalue weighted by Gasteiger charge is -2.25.